The summed E-state index contributed by atoms with van der Waals surface area (Å²) in [5.41, 5.74) is 1.58. The summed E-state index contributed by atoms with van der Waals surface area (Å²) < 4.78 is 1.81. The average Bonchev–Trinajstić information content (AvgIpc) is 3.21. The summed E-state index contributed by atoms with van der Waals surface area (Å²) in [6.07, 6.45) is 3.01. The van der Waals surface area contributed by atoms with Crippen LogP contribution in [0.1, 0.15) is 92.7 Å². The molecule has 0 aromatic carbocycles. The molecule has 136 valence electrons. The molecule has 0 radical (unpaired) electrons. The van der Waals surface area contributed by atoms with Gasteiger partial charge in [0.05, 0.1) is 6.04 Å². The van der Waals surface area contributed by atoms with Gasteiger partial charge in [0.1, 0.15) is 5.82 Å². The smallest absolute Gasteiger partial charge is 0.274 e. The average molecular weight is 344 g/mol. The zero-order valence-electron chi connectivity index (χ0n) is 15.8. The molecule has 1 saturated heterocycles. The molecule has 2 aromatic heterocycles. The van der Waals surface area contributed by atoms with Crippen molar-refractivity contribution in [1.29, 1.82) is 0 Å². The number of H-pyrrole nitrogens is 1. The van der Waals surface area contributed by atoms with Gasteiger partial charge in [-0.15, -0.1) is 0 Å². The quantitative estimate of drug-likeness (QED) is 0.924. The van der Waals surface area contributed by atoms with Gasteiger partial charge in [0.2, 0.25) is 0 Å². The van der Waals surface area contributed by atoms with E-state index in [4.69, 9.17) is 0 Å². The fourth-order valence-corrected chi connectivity index (χ4v) is 3.43. The number of carbonyl (C=O) groups excluding carboxylic acids is 1. The van der Waals surface area contributed by atoms with E-state index in [0.717, 1.165) is 43.1 Å². The monoisotopic (exact) mass is 344 g/mol. The third kappa shape index (κ3) is 3.45. The van der Waals surface area contributed by atoms with Crippen LogP contribution in [0.2, 0.25) is 0 Å². The molecule has 0 bridgehead atoms. The van der Waals surface area contributed by atoms with E-state index in [0.29, 0.717) is 11.6 Å². The third-order valence-electron chi connectivity index (χ3n) is 4.84. The van der Waals surface area contributed by atoms with Gasteiger partial charge in [0.25, 0.3) is 5.91 Å². The zero-order valence-corrected chi connectivity index (χ0v) is 15.8. The van der Waals surface area contributed by atoms with E-state index in [1.54, 1.807) is 0 Å². The first-order valence-corrected chi connectivity index (χ1v) is 9.15. The van der Waals surface area contributed by atoms with Crippen molar-refractivity contribution in [2.75, 3.05) is 6.54 Å². The number of rotatable bonds is 4. The van der Waals surface area contributed by atoms with Crippen LogP contribution in [0.25, 0.3) is 0 Å². The summed E-state index contributed by atoms with van der Waals surface area (Å²) in [4.78, 5) is 19.6. The van der Waals surface area contributed by atoms with E-state index in [9.17, 15) is 4.79 Å². The summed E-state index contributed by atoms with van der Waals surface area (Å²) in [7, 11) is 1.89. The first-order chi connectivity index (χ1) is 11.9. The van der Waals surface area contributed by atoms with Gasteiger partial charge in [-0.05, 0) is 31.2 Å². The number of amides is 1. The normalized spacial score (nSPS) is 18.4. The minimum Gasteiger partial charge on any atom is -0.327 e. The van der Waals surface area contributed by atoms with Crippen molar-refractivity contribution in [2.24, 2.45) is 7.05 Å². The molecule has 7 heteroatoms. The molecule has 2 aromatic rings. The molecular formula is C18H28N6O. The van der Waals surface area contributed by atoms with Crippen LogP contribution >= 0.6 is 0 Å². The number of nitrogens with zero attached hydrogens (tertiary/aromatic N) is 5. The Balaban J connectivity index is 1.87. The molecule has 1 aliphatic heterocycles. The Bertz CT molecular complexity index is 745. The SMILES string of the molecule is CC(C)c1n[nH]c([C@H]2CCCCN2C(=O)c2cc(C(C)C)n(C)n2)n1. The number of hydrogen-bond donors (Lipinski definition) is 1. The largest absolute Gasteiger partial charge is 0.327 e. The van der Waals surface area contributed by atoms with Gasteiger partial charge in [0, 0.05) is 25.2 Å². The maximum Gasteiger partial charge on any atom is 0.274 e. The predicted octanol–water partition coefficient (Wildman–Crippen LogP) is 3.15. The number of carbonyl (C=O) groups is 1. The Morgan fingerprint density at radius 3 is 2.60 bits per heavy atom. The second kappa shape index (κ2) is 6.98. The molecule has 0 unspecified atom stereocenters. The standard InChI is InChI=1S/C18H28N6O/c1-11(2)15-10-13(22-23(15)5)18(25)24-9-7-6-8-14(24)17-19-16(12(3)4)20-21-17/h10-12,14H,6-9H2,1-5H3,(H,19,20,21)/t14-/m1/s1. The van der Waals surface area contributed by atoms with Gasteiger partial charge in [-0.2, -0.15) is 10.2 Å². The van der Waals surface area contributed by atoms with Crippen LogP contribution in [0.3, 0.4) is 0 Å². The van der Waals surface area contributed by atoms with Gasteiger partial charge in [-0.1, -0.05) is 27.7 Å². The molecule has 1 atom stereocenters. The number of aromatic nitrogens is 5. The van der Waals surface area contributed by atoms with Crippen LogP contribution in [0, 0.1) is 0 Å². The lowest BCUT2D eigenvalue weighted by molar-refractivity contribution is 0.0593. The van der Waals surface area contributed by atoms with Crippen molar-refractivity contribution in [3.8, 4) is 0 Å². The summed E-state index contributed by atoms with van der Waals surface area (Å²) >= 11 is 0. The highest BCUT2D eigenvalue weighted by Gasteiger charge is 2.32. The van der Waals surface area contributed by atoms with Crippen molar-refractivity contribution < 1.29 is 4.79 Å². The Hall–Kier alpha value is -2.18. The fourth-order valence-electron chi connectivity index (χ4n) is 3.43. The molecule has 7 nitrogen and oxygen atoms in total. The molecular weight excluding hydrogens is 316 g/mol. The molecule has 1 N–H and O–H groups in total. The second-order valence-corrected chi connectivity index (χ2v) is 7.48. The lowest BCUT2D eigenvalue weighted by Crippen LogP contribution is -2.39. The Morgan fingerprint density at radius 2 is 2.00 bits per heavy atom. The first kappa shape index (κ1) is 17.6. The summed E-state index contributed by atoms with van der Waals surface area (Å²) in [6, 6.07) is 1.87. The van der Waals surface area contributed by atoms with Gasteiger partial charge < -0.3 is 4.90 Å². The van der Waals surface area contributed by atoms with E-state index in [2.05, 4.69) is 48.0 Å². The molecule has 0 aliphatic carbocycles. The molecule has 0 spiro atoms. The van der Waals surface area contributed by atoms with E-state index < -0.39 is 0 Å². The summed E-state index contributed by atoms with van der Waals surface area (Å²) in [5.74, 6) is 2.17. The molecule has 3 rings (SSSR count). The van der Waals surface area contributed by atoms with Crippen LogP contribution in [0.15, 0.2) is 6.07 Å². The molecule has 1 aliphatic rings. The minimum atomic E-state index is -0.0502. The van der Waals surface area contributed by atoms with Crippen LogP contribution < -0.4 is 0 Å². The maximum absolute atomic E-state index is 13.1. The van der Waals surface area contributed by atoms with Gasteiger partial charge >= 0.3 is 0 Å². The Labute approximate surface area is 148 Å². The number of likely N-dealkylation sites (tertiary alicyclic amines) is 1. The van der Waals surface area contributed by atoms with Crippen molar-refractivity contribution in [1.82, 2.24) is 29.9 Å². The van der Waals surface area contributed by atoms with Crippen molar-refractivity contribution in [2.45, 2.75) is 64.8 Å². The van der Waals surface area contributed by atoms with E-state index in [1.807, 2.05) is 22.7 Å². The zero-order chi connectivity index (χ0) is 18.1. The van der Waals surface area contributed by atoms with Crippen molar-refractivity contribution in [3.05, 3.63) is 29.1 Å². The van der Waals surface area contributed by atoms with E-state index in [-0.39, 0.29) is 17.9 Å². The van der Waals surface area contributed by atoms with Crippen LogP contribution in [0.5, 0.6) is 0 Å². The lowest BCUT2D eigenvalue weighted by Gasteiger charge is -2.33. The van der Waals surface area contributed by atoms with Crippen LogP contribution in [-0.2, 0) is 7.05 Å². The van der Waals surface area contributed by atoms with Crippen LogP contribution in [0.4, 0.5) is 0 Å². The second-order valence-electron chi connectivity index (χ2n) is 7.48. The topological polar surface area (TPSA) is 79.7 Å². The number of piperidine rings is 1. The third-order valence-corrected chi connectivity index (χ3v) is 4.84. The maximum atomic E-state index is 13.1. The van der Waals surface area contributed by atoms with Gasteiger partial charge in [-0.25, -0.2) is 4.98 Å². The molecule has 1 amide bonds. The number of hydrogen-bond acceptors (Lipinski definition) is 4. The number of aromatic amines is 1. The Morgan fingerprint density at radius 1 is 1.24 bits per heavy atom. The number of aryl methyl sites for hydroxylation is 1. The summed E-state index contributed by atoms with van der Waals surface area (Å²) in [5, 5.41) is 11.8. The van der Waals surface area contributed by atoms with E-state index in [1.165, 1.54) is 0 Å². The Kier molecular flexibility index (Phi) is 4.92. The summed E-state index contributed by atoms with van der Waals surface area (Å²) in [6.45, 7) is 9.08. The molecule has 0 saturated carbocycles. The lowest BCUT2D eigenvalue weighted by atomic mass is 10.0. The highest BCUT2D eigenvalue weighted by molar-refractivity contribution is 5.92. The molecule has 3 heterocycles. The highest BCUT2D eigenvalue weighted by Crippen LogP contribution is 2.31. The molecule has 25 heavy (non-hydrogen) atoms. The van der Waals surface area contributed by atoms with Crippen LogP contribution in [-0.4, -0.2) is 42.3 Å². The van der Waals surface area contributed by atoms with E-state index >= 15 is 0 Å². The molecule has 1 fully saturated rings. The van der Waals surface area contributed by atoms with Crippen molar-refractivity contribution >= 4 is 5.91 Å². The highest BCUT2D eigenvalue weighted by atomic mass is 16.2. The first-order valence-electron chi connectivity index (χ1n) is 9.15. The number of nitrogens with one attached hydrogen (secondary N) is 1. The fraction of sp³-hybridized carbons (Fsp3) is 0.667. The van der Waals surface area contributed by atoms with Gasteiger partial charge in [-0.3, -0.25) is 14.6 Å². The van der Waals surface area contributed by atoms with Crippen molar-refractivity contribution in [3.63, 3.8) is 0 Å². The minimum absolute atomic E-state index is 0.0188. The van der Waals surface area contributed by atoms with Gasteiger partial charge in [0.15, 0.2) is 11.5 Å². The predicted molar refractivity (Wildman–Crippen MR) is 95.4 cm³/mol.